The summed E-state index contributed by atoms with van der Waals surface area (Å²) in [6.45, 7) is 0.103. The van der Waals surface area contributed by atoms with Gasteiger partial charge in [-0.2, -0.15) is 0 Å². The van der Waals surface area contributed by atoms with Crippen molar-refractivity contribution in [1.29, 1.82) is 0 Å². The highest BCUT2D eigenvalue weighted by atomic mass is 16.7. The number of hydrogen-bond donors (Lipinski definition) is 1. The van der Waals surface area contributed by atoms with Crippen LogP contribution in [0.25, 0.3) is 0 Å². The van der Waals surface area contributed by atoms with E-state index in [4.69, 9.17) is 18.6 Å². The second-order valence-electron chi connectivity index (χ2n) is 6.20. The third-order valence-corrected chi connectivity index (χ3v) is 4.41. The Balaban J connectivity index is 1.81. The first-order chi connectivity index (χ1) is 13.7. The molecule has 1 aliphatic rings. The van der Waals surface area contributed by atoms with Crippen LogP contribution in [0.4, 0.5) is 0 Å². The summed E-state index contributed by atoms with van der Waals surface area (Å²) in [6.07, 6.45) is 2.53. The topological polar surface area (TPSA) is 78.1 Å². The van der Waals surface area contributed by atoms with Gasteiger partial charge >= 0.3 is 0 Å². The summed E-state index contributed by atoms with van der Waals surface area (Å²) in [5.74, 6) is -0.0504. The standard InChI is InChI=1S/C22H18O6/c23-18-11-12-26-21(20(18)27-13-16-7-3-1-4-8-16)22(24,19-14-25-15-28-19)17-9-5-2-6-10-17/h1-12,14,24H,13,15H2. The monoisotopic (exact) mass is 378 g/mol. The van der Waals surface area contributed by atoms with E-state index in [0.717, 1.165) is 5.56 Å². The Bertz CT molecular complexity index is 1030. The highest BCUT2D eigenvalue weighted by molar-refractivity contribution is 5.45. The van der Waals surface area contributed by atoms with Crippen LogP contribution in [0.5, 0.6) is 5.75 Å². The number of benzene rings is 2. The van der Waals surface area contributed by atoms with Gasteiger partial charge in [0.25, 0.3) is 0 Å². The quantitative estimate of drug-likeness (QED) is 0.709. The molecule has 6 heteroatoms. The molecule has 0 amide bonds. The van der Waals surface area contributed by atoms with Gasteiger partial charge in [-0.05, 0) is 11.1 Å². The maximum absolute atomic E-state index is 12.6. The molecule has 28 heavy (non-hydrogen) atoms. The molecule has 0 saturated carbocycles. The number of hydrogen-bond acceptors (Lipinski definition) is 6. The predicted molar refractivity (Wildman–Crippen MR) is 100 cm³/mol. The Morgan fingerprint density at radius 1 is 1.00 bits per heavy atom. The maximum Gasteiger partial charge on any atom is 0.230 e. The molecule has 1 aromatic heterocycles. The Hall–Kier alpha value is -3.51. The molecular formula is C22H18O6. The van der Waals surface area contributed by atoms with Crippen molar-refractivity contribution in [2.24, 2.45) is 0 Å². The largest absolute Gasteiger partial charge is 0.482 e. The molecule has 0 aliphatic carbocycles. The average Bonchev–Trinajstić information content (AvgIpc) is 3.29. The lowest BCUT2D eigenvalue weighted by Gasteiger charge is -2.28. The zero-order chi connectivity index (χ0) is 19.4. The molecule has 4 rings (SSSR count). The summed E-state index contributed by atoms with van der Waals surface area (Å²) in [5.41, 5.74) is -0.971. The molecule has 1 unspecified atom stereocenters. The fourth-order valence-electron chi connectivity index (χ4n) is 3.02. The third kappa shape index (κ3) is 3.25. The van der Waals surface area contributed by atoms with Crippen LogP contribution in [-0.2, 0) is 21.7 Å². The highest BCUT2D eigenvalue weighted by Crippen LogP contribution is 2.41. The van der Waals surface area contributed by atoms with E-state index in [0.29, 0.717) is 5.56 Å². The lowest BCUT2D eigenvalue weighted by Crippen LogP contribution is -2.32. The van der Waals surface area contributed by atoms with Gasteiger partial charge in [0, 0.05) is 6.07 Å². The van der Waals surface area contributed by atoms with E-state index >= 15 is 0 Å². The lowest BCUT2D eigenvalue weighted by atomic mass is 9.88. The zero-order valence-corrected chi connectivity index (χ0v) is 14.9. The minimum atomic E-state index is -1.88. The van der Waals surface area contributed by atoms with E-state index in [2.05, 4.69) is 0 Å². The first kappa shape index (κ1) is 17.9. The van der Waals surface area contributed by atoms with Gasteiger partial charge in [0.2, 0.25) is 23.6 Å². The van der Waals surface area contributed by atoms with E-state index in [1.165, 1.54) is 18.6 Å². The van der Waals surface area contributed by atoms with Crippen molar-refractivity contribution < 1.29 is 23.7 Å². The van der Waals surface area contributed by atoms with E-state index in [9.17, 15) is 9.90 Å². The van der Waals surface area contributed by atoms with E-state index in [-0.39, 0.29) is 30.7 Å². The molecule has 0 bridgehead atoms. The minimum Gasteiger partial charge on any atom is -0.482 e. The minimum absolute atomic E-state index is 0.0399. The van der Waals surface area contributed by atoms with Gasteiger partial charge in [0.05, 0.1) is 6.26 Å². The van der Waals surface area contributed by atoms with Gasteiger partial charge in [0.15, 0.2) is 11.5 Å². The SMILES string of the molecule is O=c1ccoc(C(O)(C2=COCO2)c2ccccc2)c1OCc1ccccc1. The van der Waals surface area contributed by atoms with Gasteiger partial charge in [-0.15, -0.1) is 0 Å². The molecule has 0 spiro atoms. The van der Waals surface area contributed by atoms with Gasteiger partial charge < -0.3 is 23.7 Å². The Labute approximate surface area is 161 Å². The second kappa shape index (κ2) is 7.62. The molecule has 3 aromatic rings. The van der Waals surface area contributed by atoms with Crippen molar-refractivity contribution in [1.82, 2.24) is 0 Å². The van der Waals surface area contributed by atoms with Crippen LogP contribution in [0.2, 0.25) is 0 Å². The summed E-state index contributed by atoms with van der Waals surface area (Å²) in [5, 5.41) is 11.7. The summed E-state index contributed by atoms with van der Waals surface area (Å²) >= 11 is 0. The number of aliphatic hydroxyl groups is 1. The lowest BCUT2D eigenvalue weighted by molar-refractivity contribution is 0.00261. The molecule has 6 nitrogen and oxygen atoms in total. The molecule has 0 saturated heterocycles. The van der Waals surface area contributed by atoms with Crippen LogP contribution < -0.4 is 10.2 Å². The van der Waals surface area contributed by atoms with E-state index in [1.807, 2.05) is 36.4 Å². The van der Waals surface area contributed by atoms with Gasteiger partial charge in [0.1, 0.15) is 12.9 Å². The van der Waals surface area contributed by atoms with E-state index < -0.39 is 11.0 Å². The molecule has 0 fully saturated rings. The Morgan fingerprint density at radius 2 is 1.71 bits per heavy atom. The summed E-state index contributed by atoms with van der Waals surface area (Å²) in [6, 6.07) is 19.4. The average molecular weight is 378 g/mol. The maximum atomic E-state index is 12.6. The van der Waals surface area contributed by atoms with Crippen molar-refractivity contribution in [2.45, 2.75) is 12.2 Å². The smallest absolute Gasteiger partial charge is 0.230 e. The van der Waals surface area contributed by atoms with Crippen molar-refractivity contribution >= 4 is 0 Å². The van der Waals surface area contributed by atoms with Crippen LogP contribution in [0.3, 0.4) is 0 Å². The predicted octanol–water partition coefficient (Wildman–Crippen LogP) is 3.30. The van der Waals surface area contributed by atoms with E-state index in [1.54, 1.807) is 24.3 Å². The number of ether oxygens (including phenoxy) is 3. The van der Waals surface area contributed by atoms with Crippen molar-refractivity contribution in [3.8, 4) is 5.75 Å². The van der Waals surface area contributed by atoms with Crippen molar-refractivity contribution in [3.63, 3.8) is 0 Å². The molecule has 0 radical (unpaired) electrons. The Morgan fingerprint density at radius 3 is 2.39 bits per heavy atom. The molecular weight excluding hydrogens is 360 g/mol. The van der Waals surface area contributed by atoms with Gasteiger partial charge in [-0.3, -0.25) is 4.79 Å². The first-order valence-corrected chi connectivity index (χ1v) is 8.71. The van der Waals surface area contributed by atoms with Crippen LogP contribution in [0.1, 0.15) is 16.9 Å². The van der Waals surface area contributed by atoms with Crippen LogP contribution in [0, 0.1) is 0 Å². The van der Waals surface area contributed by atoms with Gasteiger partial charge in [-0.25, -0.2) is 0 Å². The zero-order valence-electron chi connectivity index (χ0n) is 14.9. The number of rotatable bonds is 6. The second-order valence-corrected chi connectivity index (χ2v) is 6.20. The fourth-order valence-corrected chi connectivity index (χ4v) is 3.02. The molecule has 2 heterocycles. The molecule has 1 aliphatic heterocycles. The van der Waals surface area contributed by atoms with Crippen LogP contribution in [-0.4, -0.2) is 11.9 Å². The van der Waals surface area contributed by atoms with Crippen molar-refractivity contribution in [2.75, 3.05) is 6.79 Å². The molecule has 1 N–H and O–H groups in total. The molecule has 2 aromatic carbocycles. The first-order valence-electron chi connectivity index (χ1n) is 8.71. The fraction of sp³-hybridized carbons (Fsp3) is 0.136. The molecule has 1 atom stereocenters. The summed E-state index contributed by atoms with van der Waals surface area (Å²) < 4.78 is 22.0. The molecule has 142 valence electrons. The van der Waals surface area contributed by atoms with Crippen LogP contribution in [0.15, 0.2) is 94.2 Å². The summed E-state index contributed by atoms with van der Waals surface area (Å²) in [7, 11) is 0. The van der Waals surface area contributed by atoms with Crippen LogP contribution >= 0.6 is 0 Å². The summed E-state index contributed by atoms with van der Waals surface area (Å²) in [4.78, 5) is 12.6. The van der Waals surface area contributed by atoms with Gasteiger partial charge in [-0.1, -0.05) is 60.7 Å². The highest BCUT2D eigenvalue weighted by Gasteiger charge is 2.45. The van der Waals surface area contributed by atoms with Crippen molar-refractivity contribution in [3.05, 3.63) is 112 Å². The normalized spacial score (nSPS) is 15.1. The Kier molecular flexibility index (Phi) is 4.87. The third-order valence-electron chi connectivity index (χ3n) is 4.41.